The monoisotopic (exact) mass is 449 g/mol. The molecule has 1 saturated carbocycles. The van der Waals surface area contributed by atoms with E-state index in [0.29, 0.717) is 37.4 Å². The quantitative estimate of drug-likeness (QED) is 0.698. The molecule has 2 aliphatic rings. The van der Waals surface area contributed by atoms with Gasteiger partial charge in [-0.15, -0.1) is 0 Å². The van der Waals surface area contributed by atoms with E-state index in [2.05, 4.69) is 15.2 Å². The largest absolute Gasteiger partial charge is 0.368 e. The van der Waals surface area contributed by atoms with Gasteiger partial charge in [-0.1, -0.05) is 49.2 Å². The molecule has 3 N–H and O–H groups in total. The average Bonchev–Trinajstić information content (AvgIpc) is 2.87. The molecule has 2 heterocycles. The summed E-state index contributed by atoms with van der Waals surface area (Å²) in [5.41, 5.74) is 6.75. The molecular weight excluding hydrogens is 418 g/mol. The fourth-order valence-electron chi connectivity index (χ4n) is 4.98. The lowest BCUT2D eigenvalue weighted by Gasteiger charge is -2.43. The van der Waals surface area contributed by atoms with Crippen LogP contribution in [0.5, 0.6) is 0 Å². The molecule has 3 amide bonds. The van der Waals surface area contributed by atoms with Gasteiger partial charge in [-0.05, 0) is 30.5 Å². The van der Waals surface area contributed by atoms with Gasteiger partial charge in [0.05, 0.1) is 5.92 Å². The van der Waals surface area contributed by atoms with Crippen molar-refractivity contribution in [1.29, 1.82) is 0 Å². The smallest absolute Gasteiger partial charge is 0.272 e. The van der Waals surface area contributed by atoms with Crippen LogP contribution in [0.4, 0.5) is 0 Å². The van der Waals surface area contributed by atoms with E-state index >= 15 is 0 Å². The highest BCUT2D eigenvalue weighted by Gasteiger charge is 2.38. The Morgan fingerprint density at radius 2 is 1.64 bits per heavy atom. The molecule has 33 heavy (non-hydrogen) atoms. The van der Waals surface area contributed by atoms with E-state index in [-0.39, 0.29) is 23.8 Å². The second kappa shape index (κ2) is 10.6. The van der Waals surface area contributed by atoms with Crippen molar-refractivity contribution in [3.05, 3.63) is 66.0 Å². The molecule has 1 saturated heterocycles. The van der Waals surface area contributed by atoms with Gasteiger partial charge in [-0.25, -0.2) is 0 Å². The number of pyridine rings is 1. The van der Waals surface area contributed by atoms with E-state index < -0.39 is 11.9 Å². The zero-order valence-corrected chi connectivity index (χ0v) is 18.7. The van der Waals surface area contributed by atoms with Crippen LogP contribution in [0.2, 0.25) is 0 Å². The molecule has 8 heteroatoms. The number of piperazine rings is 1. The van der Waals surface area contributed by atoms with Crippen LogP contribution in [-0.2, 0) is 9.59 Å². The Labute approximate surface area is 194 Å². The zero-order valence-electron chi connectivity index (χ0n) is 18.7. The van der Waals surface area contributed by atoms with Crippen LogP contribution in [0.15, 0.2) is 54.7 Å². The molecule has 4 rings (SSSR count). The lowest BCUT2D eigenvalue weighted by molar-refractivity contribution is -0.133. The minimum atomic E-state index is -0.839. The third-order valence-electron chi connectivity index (χ3n) is 6.72. The number of nitrogens with one attached hydrogen (secondary N) is 1. The van der Waals surface area contributed by atoms with Crippen LogP contribution < -0.4 is 11.1 Å². The Kier molecular flexibility index (Phi) is 7.34. The van der Waals surface area contributed by atoms with E-state index in [1.165, 1.54) is 0 Å². The molecular formula is C25H31N5O3. The van der Waals surface area contributed by atoms with Gasteiger partial charge in [0.25, 0.3) is 5.91 Å². The molecule has 0 radical (unpaired) electrons. The summed E-state index contributed by atoms with van der Waals surface area (Å²) in [5.74, 6) is -0.953. The normalized spacial score (nSPS) is 22.4. The number of amides is 3. The van der Waals surface area contributed by atoms with E-state index in [1.54, 1.807) is 30.5 Å². The maximum absolute atomic E-state index is 13.3. The third-order valence-corrected chi connectivity index (χ3v) is 6.72. The number of carbonyl (C=O) groups excluding carboxylic acids is 3. The Balaban J connectivity index is 1.40. The second-order valence-corrected chi connectivity index (χ2v) is 8.76. The number of hydrogen-bond donors (Lipinski definition) is 2. The summed E-state index contributed by atoms with van der Waals surface area (Å²) in [6, 6.07) is 13.7. The van der Waals surface area contributed by atoms with Crippen molar-refractivity contribution in [2.45, 2.75) is 37.8 Å². The maximum atomic E-state index is 13.3. The molecule has 3 atom stereocenters. The van der Waals surface area contributed by atoms with Gasteiger partial charge in [-0.3, -0.25) is 24.3 Å². The van der Waals surface area contributed by atoms with Crippen molar-refractivity contribution in [1.82, 2.24) is 20.1 Å². The van der Waals surface area contributed by atoms with Crippen LogP contribution >= 0.6 is 0 Å². The SMILES string of the molecule is NC(=O)[C@@H](NC(=O)[C@@H]1CCCC[C@H]1N1CCN(C(=O)c2ccccn2)CC1)c1ccccc1. The Morgan fingerprint density at radius 1 is 0.939 bits per heavy atom. The highest BCUT2D eigenvalue weighted by molar-refractivity contribution is 5.92. The molecule has 2 aromatic rings. The maximum Gasteiger partial charge on any atom is 0.272 e. The van der Waals surface area contributed by atoms with Gasteiger partial charge in [0.2, 0.25) is 11.8 Å². The van der Waals surface area contributed by atoms with Crippen molar-refractivity contribution in [2.75, 3.05) is 26.2 Å². The number of aromatic nitrogens is 1. The summed E-state index contributed by atoms with van der Waals surface area (Å²) in [6.07, 6.45) is 5.39. The van der Waals surface area contributed by atoms with E-state index in [4.69, 9.17) is 5.73 Å². The van der Waals surface area contributed by atoms with Gasteiger partial charge in [0.15, 0.2) is 0 Å². The first-order chi connectivity index (χ1) is 16.0. The summed E-state index contributed by atoms with van der Waals surface area (Å²) < 4.78 is 0. The molecule has 1 aliphatic heterocycles. The minimum absolute atomic E-state index is 0.0552. The number of nitrogens with zero attached hydrogens (tertiary/aromatic N) is 3. The standard InChI is InChI=1S/C25H31N5O3/c26-23(31)22(18-8-2-1-3-9-18)28-24(32)19-10-4-5-12-21(19)29-14-16-30(17-15-29)25(33)20-11-6-7-13-27-20/h1-3,6-9,11,13,19,21-22H,4-5,10,12,14-17H2,(H2,26,31)(H,28,32)/t19-,21-,22+/m1/s1. The second-order valence-electron chi connectivity index (χ2n) is 8.76. The molecule has 0 unspecified atom stereocenters. The van der Waals surface area contributed by atoms with Crippen LogP contribution in [-0.4, -0.2) is 64.7 Å². The summed E-state index contributed by atoms with van der Waals surface area (Å²) in [6.45, 7) is 2.64. The zero-order chi connectivity index (χ0) is 23.2. The van der Waals surface area contributed by atoms with Crippen LogP contribution in [0, 0.1) is 5.92 Å². The molecule has 8 nitrogen and oxygen atoms in total. The van der Waals surface area contributed by atoms with Gasteiger partial charge in [0, 0.05) is 38.4 Å². The number of rotatable bonds is 6. The predicted octanol–water partition coefficient (Wildman–Crippen LogP) is 1.74. The van der Waals surface area contributed by atoms with Crippen LogP contribution in [0.3, 0.4) is 0 Å². The van der Waals surface area contributed by atoms with Crippen molar-refractivity contribution < 1.29 is 14.4 Å². The van der Waals surface area contributed by atoms with Crippen molar-refractivity contribution in [2.24, 2.45) is 11.7 Å². The summed E-state index contributed by atoms with van der Waals surface area (Å²) in [5, 5.41) is 2.91. The number of benzene rings is 1. The van der Waals surface area contributed by atoms with Crippen molar-refractivity contribution in [3.8, 4) is 0 Å². The van der Waals surface area contributed by atoms with Crippen molar-refractivity contribution in [3.63, 3.8) is 0 Å². The topological polar surface area (TPSA) is 109 Å². The Hall–Kier alpha value is -3.26. The Morgan fingerprint density at radius 3 is 2.30 bits per heavy atom. The van der Waals surface area contributed by atoms with Crippen LogP contribution in [0.1, 0.15) is 47.8 Å². The first kappa shape index (κ1) is 22.9. The number of primary amides is 1. The Bertz CT molecular complexity index is 961. The molecule has 1 aromatic heterocycles. The summed E-state index contributed by atoms with van der Waals surface area (Å²) in [7, 11) is 0. The van der Waals surface area contributed by atoms with Gasteiger partial charge < -0.3 is 16.0 Å². The van der Waals surface area contributed by atoms with Gasteiger partial charge in [-0.2, -0.15) is 0 Å². The van der Waals surface area contributed by atoms with Crippen molar-refractivity contribution >= 4 is 17.7 Å². The third kappa shape index (κ3) is 5.39. The molecule has 1 aliphatic carbocycles. The van der Waals surface area contributed by atoms with Gasteiger partial charge >= 0.3 is 0 Å². The highest BCUT2D eigenvalue weighted by atomic mass is 16.2. The van der Waals surface area contributed by atoms with Crippen LogP contribution in [0.25, 0.3) is 0 Å². The van der Waals surface area contributed by atoms with Gasteiger partial charge in [0.1, 0.15) is 11.7 Å². The highest BCUT2D eigenvalue weighted by Crippen LogP contribution is 2.30. The number of hydrogen-bond acceptors (Lipinski definition) is 5. The molecule has 1 aromatic carbocycles. The van der Waals surface area contributed by atoms with E-state index in [1.807, 2.05) is 29.2 Å². The summed E-state index contributed by atoms with van der Waals surface area (Å²) in [4.78, 5) is 46.4. The summed E-state index contributed by atoms with van der Waals surface area (Å²) >= 11 is 0. The molecule has 0 bridgehead atoms. The lowest BCUT2D eigenvalue weighted by Crippen LogP contribution is -2.56. The molecule has 174 valence electrons. The first-order valence-corrected chi connectivity index (χ1v) is 11.6. The minimum Gasteiger partial charge on any atom is -0.368 e. The lowest BCUT2D eigenvalue weighted by atomic mass is 9.82. The number of nitrogens with two attached hydrogens (primary N) is 1. The number of carbonyl (C=O) groups is 3. The molecule has 0 spiro atoms. The van der Waals surface area contributed by atoms with E-state index in [9.17, 15) is 14.4 Å². The fourth-order valence-corrected chi connectivity index (χ4v) is 4.98. The fraction of sp³-hybridized carbons (Fsp3) is 0.440. The predicted molar refractivity (Wildman–Crippen MR) is 124 cm³/mol. The molecule has 2 fully saturated rings. The average molecular weight is 450 g/mol. The first-order valence-electron chi connectivity index (χ1n) is 11.6. The van der Waals surface area contributed by atoms with E-state index in [0.717, 1.165) is 25.7 Å².